The van der Waals surface area contributed by atoms with Gasteiger partial charge in [0.1, 0.15) is 6.61 Å². The number of ether oxygens (including phenoxy) is 1. The Labute approximate surface area is 209 Å². The Bertz CT molecular complexity index is 737. The van der Waals surface area contributed by atoms with E-state index in [0.29, 0.717) is 12.8 Å². The van der Waals surface area contributed by atoms with E-state index in [2.05, 4.69) is 24.4 Å². The summed E-state index contributed by atoms with van der Waals surface area (Å²) in [7, 11) is -4.92. The number of aliphatic carboxylic acids is 1. The molecule has 0 saturated carbocycles. The quantitative estimate of drug-likeness (QED) is 0.0722. The molecular weight excluding hydrogens is 478 g/mol. The van der Waals surface area contributed by atoms with Crippen LogP contribution in [0.5, 0.6) is 0 Å². The number of carbonyl (C=O) groups excluding carboxylic acids is 2. The number of unbranched alkanes of at least 4 members (excludes halogenated alkanes) is 8. The number of nitrogens with one attached hydrogen (secondary N) is 1. The van der Waals surface area contributed by atoms with Crippen LogP contribution in [0, 0.1) is 0 Å². The maximum absolute atomic E-state index is 11.8. The molecular formula is C24H43NO9S. The SMILES string of the molecule is CCCCCCC(O)CC=CCCCCCCCC(=O)NCCOC(=O)CC(C(=O)O)S(=O)(=O)O. The van der Waals surface area contributed by atoms with Gasteiger partial charge in [-0.05, 0) is 32.1 Å². The minimum Gasteiger partial charge on any atom is -0.480 e. The van der Waals surface area contributed by atoms with Gasteiger partial charge in [0.25, 0.3) is 10.1 Å². The lowest BCUT2D eigenvalue weighted by Gasteiger charge is -2.10. The van der Waals surface area contributed by atoms with Crippen LogP contribution in [-0.2, 0) is 29.2 Å². The molecule has 0 bridgehead atoms. The maximum atomic E-state index is 11.8. The molecule has 0 aromatic carbocycles. The predicted octanol–water partition coefficient (Wildman–Crippen LogP) is 3.39. The van der Waals surface area contributed by atoms with Crippen LogP contribution in [0.2, 0.25) is 0 Å². The molecule has 0 spiro atoms. The summed E-state index contributed by atoms with van der Waals surface area (Å²) >= 11 is 0. The molecule has 204 valence electrons. The first-order valence-corrected chi connectivity index (χ1v) is 14.0. The highest BCUT2D eigenvalue weighted by Crippen LogP contribution is 2.11. The number of hydrogen-bond acceptors (Lipinski definition) is 7. The fourth-order valence-electron chi connectivity index (χ4n) is 3.35. The standard InChI is InChI=1S/C24H43NO9S/c1-2-3-4-11-14-20(26)15-12-9-7-5-6-8-10-13-16-22(27)25-17-18-34-23(28)19-21(24(29)30)35(31,32)33/h9,12,20-21,26H,2-8,10-11,13-19H2,1H3,(H,25,27)(H,29,30)(H,31,32,33). The normalized spacial score (nSPS) is 13.5. The van der Waals surface area contributed by atoms with Crippen molar-refractivity contribution in [2.24, 2.45) is 0 Å². The summed E-state index contributed by atoms with van der Waals surface area (Å²) in [6.45, 7) is 1.96. The van der Waals surface area contributed by atoms with Crippen molar-refractivity contribution in [2.45, 2.75) is 108 Å². The average molecular weight is 522 g/mol. The molecule has 0 saturated heterocycles. The van der Waals surface area contributed by atoms with Gasteiger partial charge in [-0.1, -0.05) is 64.0 Å². The molecule has 1 amide bonds. The Morgan fingerprint density at radius 1 is 0.971 bits per heavy atom. The number of aliphatic hydroxyl groups excluding tert-OH is 1. The summed E-state index contributed by atoms with van der Waals surface area (Å²) in [4.78, 5) is 34.1. The van der Waals surface area contributed by atoms with Crippen molar-refractivity contribution in [1.29, 1.82) is 0 Å². The summed E-state index contributed by atoms with van der Waals surface area (Å²) in [6.07, 6.45) is 15.4. The summed E-state index contributed by atoms with van der Waals surface area (Å²) in [5.41, 5.74) is 0. The van der Waals surface area contributed by atoms with Crippen LogP contribution in [0.15, 0.2) is 12.2 Å². The molecule has 0 aliphatic heterocycles. The molecule has 11 heteroatoms. The Morgan fingerprint density at radius 2 is 1.63 bits per heavy atom. The second-order valence-electron chi connectivity index (χ2n) is 8.63. The van der Waals surface area contributed by atoms with Crippen molar-refractivity contribution in [3.63, 3.8) is 0 Å². The van der Waals surface area contributed by atoms with Gasteiger partial charge >= 0.3 is 11.9 Å². The van der Waals surface area contributed by atoms with Crippen LogP contribution in [0.4, 0.5) is 0 Å². The van der Waals surface area contributed by atoms with Crippen molar-refractivity contribution >= 4 is 28.0 Å². The third-order valence-electron chi connectivity index (χ3n) is 5.41. The van der Waals surface area contributed by atoms with Crippen LogP contribution in [-0.4, -0.2) is 65.5 Å². The first kappa shape index (κ1) is 33.0. The largest absolute Gasteiger partial charge is 0.480 e. The van der Waals surface area contributed by atoms with Gasteiger partial charge in [-0.2, -0.15) is 8.42 Å². The van der Waals surface area contributed by atoms with Crippen molar-refractivity contribution in [3.8, 4) is 0 Å². The number of hydrogen-bond donors (Lipinski definition) is 4. The fraction of sp³-hybridized carbons (Fsp3) is 0.792. The zero-order valence-electron chi connectivity index (χ0n) is 20.8. The van der Waals surface area contributed by atoms with E-state index < -0.39 is 33.7 Å². The molecule has 0 aliphatic rings. The monoisotopic (exact) mass is 521 g/mol. The summed E-state index contributed by atoms with van der Waals surface area (Å²) < 4.78 is 35.3. The Hall–Kier alpha value is -1.98. The highest BCUT2D eigenvalue weighted by atomic mass is 32.2. The van der Waals surface area contributed by atoms with Crippen LogP contribution in [0.1, 0.15) is 96.8 Å². The molecule has 0 heterocycles. The second kappa shape index (κ2) is 20.2. The van der Waals surface area contributed by atoms with Gasteiger partial charge in [-0.15, -0.1) is 0 Å². The number of allylic oxidation sites excluding steroid dienone is 1. The first-order valence-electron chi connectivity index (χ1n) is 12.5. The number of carboxylic acids is 1. The van der Waals surface area contributed by atoms with Gasteiger partial charge in [-0.3, -0.25) is 18.9 Å². The molecule has 4 N–H and O–H groups in total. The van der Waals surface area contributed by atoms with E-state index in [1.165, 1.54) is 19.3 Å². The Morgan fingerprint density at radius 3 is 2.29 bits per heavy atom. The highest BCUT2D eigenvalue weighted by molar-refractivity contribution is 7.87. The predicted molar refractivity (Wildman–Crippen MR) is 132 cm³/mol. The number of aliphatic hydroxyl groups is 1. The number of amides is 1. The van der Waals surface area contributed by atoms with Gasteiger partial charge in [0.05, 0.1) is 19.1 Å². The minimum atomic E-state index is -4.92. The van der Waals surface area contributed by atoms with Crippen molar-refractivity contribution in [2.75, 3.05) is 13.2 Å². The second-order valence-corrected chi connectivity index (χ2v) is 10.2. The maximum Gasteiger partial charge on any atom is 0.325 e. The summed E-state index contributed by atoms with van der Waals surface area (Å²) in [6, 6.07) is 0. The van der Waals surface area contributed by atoms with E-state index in [1.807, 2.05) is 0 Å². The Kier molecular flexibility index (Phi) is 19.1. The van der Waals surface area contributed by atoms with Crippen molar-refractivity contribution < 1.29 is 42.3 Å². The van der Waals surface area contributed by atoms with Crippen LogP contribution in [0.25, 0.3) is 0 Å². The molecule has 0 rings (SSSR count). The minimum absolute atomic E-state index is 0.0218. The van der Waals surface area contributed by atoms with Crippen molar-refractivity contribution in [3.05, 3.63) is 12.2 Å². The number of esters is 1. The Balaban J connectivity index is 3.66. The number of carboxylic acid groups (broad SMARTS) is 1. The van der Waals surface area contributed by atoms with E-state index in [-0.39, 0.29) is 25.2 Å². The third-order valence-corrected chi connectivity index (χ3v) is 6.50. The van der Waals surface area contributed by atoms with E-state index in [4.69, 9.17) is 14.4 Å². The van der Waals surface area contributed by atoms with Gasteiger partial charge in [0, 0.05) is 6.42 Å². The summed E-state index contributed by atoms with van der Waals surface area (Å²) in [5, 5.41) is 18.9. The van der Waals surface area contributed by atoms with E-state index in [0.717, 1.165) is 51.4 Å². The zero-order valence-corrected chi connectivity index (χ0v) is 21.6. The molecule has 35 heavy (non-hydrogen) atoms. The molecule has 2 atom stereocenters. The topological polar surface area (TPSA) is 167 Å². The lowest BCUT2D eigenvalue weighted by Crippen LogP contribution is -2.33. The molecule has 0 fully saturated rings. The molecule has 2 unspecified atom stereocenters. The molecule has 0 radical (unpaired) electrons. The molecule has 0 aromatic heterocycles. The summed E-state index contributed by atoms with van der Waals surface area (Å²) in [5.74, 6) is -3.14. The van der Waals surface area contributed by atoms with E-state index in [1.54, 1.807) is 0 Å². The van der Waals surface area contributed by atoms with Crippen molar-refractivity contribution in [1.82, 2.24) is 5.32 Å². The van der Waals surface area contributed by atoms with Gasteiger partial charge in [-0.25, -0.2) is 0 Å². The number of rotatable bonds is 22. The average Bonchev–Trinajstić information content (AvgIpc) is 2.78. The van der Waals surface area contributed by atoms with E-state index in [9.17, 15) is 27.9 Å². The van der Waals surface area contributed by atoms with E-state index >= 15 is 0 Å². The van der Waals surface area contributed by atoms with Crippen LogP contribution >= 0.6 is 0 Å². The highest BCUT2D eigenvalue weighted by Gasteiger charge is 2.33. The molecule has 10 nitrogen and oxygen atoms in total. The van der Waals surface area contributed by atoms with Crippen LogP contribution in [0.3, 0.4) is 0 Å². The molecule has 0 aromatic rings. The lowest BCUT2D eigenvalue weighted by atomic mass is 10.1. The van der Waals surface area contributed by atoms with Gasteiger partial charge in [0.15, 0.2) is 5.25 Å². The zero-order chi connectivity index (χ0) is 26.5. The van der Waals surface area contributed by atoms with Gasteiger partial charge in [0.2, 0.25) is 5.91 Å². The first-order chi connectivity index (χ1) is 16.6. The lowest BCUT2D eigenvalue weighted by molar-refractivity contribution is -0.147. The smallest absolute Gasteiger partial charge is 0.325 e. The number of carbonyl (C=O) groups is 3. The van der Waals surface area contributed by atoms with Crippen LogP contribution < -0.4 is 5.32 Å². The third kappa shape index (κ3) is 20.0. The molecule has 0 aliphatic carbocycles. The van der Waals surface area contributed by atoms with Gasteiger partial charge < -0.3 is 20.3 Å². The fourth-order valence-corrected chi connectivity index (χ4v) is 3.95.